The summed E-state index contributed by atoms with van der Waals surface area (Å²) in [4.78, 5) is 36.3. The fourth-order valence-electron chi connectivity index (χ4n) is 3.12. The summed E-state index contributed by atoms with van der Waals surface area (Å²) in [6.45, 7) is 1.93. The number of anilines is 2. The van der Waals surface area contributed by atoms with Crippen LogP contribution in [0.15, 0.2) is 34.2 Å². The number of benzene rings is 1. The number of nitrogens with zero attached hydrogens (tertiary/aromatic N) is 4. The first-order valence-corrected chi connectivity index (χ1v) is 11.0. The predicted octanol–water partition coefficient (Wildman–Crippen LogP) is 2.73. The van der Waals surface area contributed by atoms with E-state index in [0.29, 0.717) is 26.9 Å². The Morgan fingerprint density at radius 2 is 2.10 bits per heavy atom. The van der Waals surface area contributed by atoms with E-state index in [1.165, 1.54) is 27.7 Å². The molecule has 3 heterocycles. The molecule has 10 heteroatoms. The third kappa shape index (κ3) is 4.23. The molecule has 1 aliphatic heterocycles. The molecule has 1 aromatic carbocycles. The summed E-state index contributed by atoms with van der Waals surface area (Å²) in [5, 5.41) is 4.15. The second kappa shape index (κ2) is 8.42. The number of nitrogens with one attached hydrogen (secondary N) is 1. The average Bonchev–Trinajstić information content (AvgIpc) is 3.39. The molecule has 0 bridgehead atoms. The first kappa shape index (κ1) is 19.7. The molecule has 1 N–H and O–H groups in total. The third-order valence-electron chi connectivity index (χ3n) is 4.65. The molecule has 2 aromatic heterocycles. The molecule has 29 heavy (non-hydrogen) atoms. The average molecular weight is 432 g/mol. The summed E-state index contributed by atoms with van der Waals surface area (Å²) in [5.74, 6) is 0.613. The van der Waals surface area contributed by atoms with Crippen molar-refractivity contribution in [3.05, 3.63) is 34.6 Å². The summed E-state index contributed by atoms with van der Waals surface area (Å²) in [6, 6.07) is 7.16. The van der Waals surface area contributed by atoms with Gasteiger partial charge in [0.15, 0.2) is 15.9 Å². The van der Waals surface area contributed by atoms with Crippen molar-refractivity contribution in [2.24, 2.45) is 7.05 Å². The van der Waals surface area contributed by atoms with Crippen molar-refractivity contribution in [2.45, 2.75) is 18.0 Å². The Balaban J connectivity index is 1.49. The van der Waals surface area contributed by atoms with Crippen LogP contribution in [0.5, 0.6) is 5.75 Å². The Hall–Kier alpha value is -2.59. The van der Waals surface area contributed by atoms with E-state index in [2.05, 4.69) is 20.2 Å². The number of rotatable bonds is 6. The maximum atomic E-state index is 12.7. The minimum absolute atomic E-state index is 0.131. The zero-order valence-corrected chi connectivity index (χ0v) is 17.8. The Morgan fingerprint density at radius 1 is 1.31 bits per heavy atom. The van der Waals surface area contributed by atoms with Gasteiger partial charge in [0.1, 0.15) is 10.4 Å². The van der Waals surface area contributed by atoms with Gasteiger partial charge >= 0.3 is 0 Å². The maximum Gasteiger partial charge on any atom is 0.273 e. The van der Waals surface area contributed by atoms with Gasteiger partial charge in [0.25, 0.3) is 5.56 Å². The Bertz CT molecular complexity index is 1100. The third-order valence-corrected chi connectivity index (χ3v) is 6.77. The number of aromatic nitrogens is 3. The SMILES string of the molecule is COc1cccc(NC(=O)CSc2nc3nc(N4CCCC4)sc3c(=O)n2C)c1. The maximum absolute atomic E-state index is 12.7. The van der Waals surface area contributed by atoms with Gasteiger partial charge < -0.3 is 15.0 Å². The number of carbonyl (C=O) groups is 1. The minimum atomic E-state index is -0.186. The van der Waals surface area contributed by atoms with Crippen molar-refractivity contribution in [1.82, 2.24) is 14.5 Å². The molecule has 0 spiro atoms. The number of thioether (sulfide) groups is 1. The monoisotopic (exact) mass is 431 g/mol. The number of carbonyl (C=O) groups excluding carboxylic acids is 1. The number of amides is 1. The molecule has 1 fully saturated rings. The van der Waals surface area contributed by atoms with Crippen molar-refractivity contribution in [3.63, 3.8) is 0 Å². The van der Waals surface area contributed by atoms with E-state index < -0.39 is 0 Å². The summed E-state index contributed by atoms with van der Waals surface area (Å²) >= 11 is 2.61. The first-order chi connectivity index (χ1) is 14.0. The minimum Gasteiger partial charge on any atom is -0.497 e. The fraction of sp³-hybridized carbons (Fsp3) is 0.368. The summed E-state index contributed by atoms with van der Waals surface area (Å²) in [6.07, 6.45) is 2.29. The number of hydrogen-bond donors (Lipinski definition) is 1. The van der Waals surface area contributed by atoms with Gasteiger partial charge in [-0.1, -0.05) is 29.2 Å². The molecule has 1 amide bonds. The van der Waals surface area contributed by atoms with E-state index >= 15 is 0 Å². The van der Waals surface area contributed by atoms with E-state index in [1.54, 1.807) is 32.4 Å². The van der Waals surface area contributed by atoms with Crippen LogP contribution in [0.2, 0.25) is 0 Å². The summed E-state index contributed by atoms with van der Waals surface area (Å²) < 4.78 is 7.20. The van der Waals surface area contributed by atoms with Crippen molar-refractivity contribution < 1.29 is 9.53 Å². The molecule has 0 radical (unpaired) electrons. The van der Waals surface area contributed by atoms with Gasteiger partial charge in [0.05, 0.1) is 12.9 Å². The molecular formula is C19H21N5O3S2. The highest BCUT2D eigenvalue weighted by Gasteiger charge is 2.20. The molecule has 0 saturated carbocycles. The quantitative estimate of drug-likeness (QED) is 0.474. The Labute approximate surface area is 175 Å². The van der Waals surface area contributed by atoms with Crippen molar-refractivity contribution in [1.29, 1.82) is 0 Å². The van der Waals surface area contributed by atoms with Crippen LogP contribution in [0.4, 0.5) is 10.8 Å². The predicted molar refractivity (Wildman–Crippen MR) is 116 cm³/mol. The molecule has 8 nitrogen and oxygen atoms in total. The van der Waals surface area contributed by atoms with Gasteiger partial charge in [0.2, 0.25) is 5.91 Å². The lowest BCUT2D eigenvalue weighted by atomic mass is 10.3. The van der Waals surface area contributed by atoms with Crippen LogP contribution < -0.4 is 20.5 Å². The van der Waals surface area contributed by atoms with Crippen LogP contribution >= 0.6 is 23.1 Å². The standard InChI is InChI=1S/C19H21N5O3S2/c1-23-17(26)15-16(22-19(29-15)24-8-3-4-9-24)21-18(23)28-11-14(25)20-12-6-5-7-13(10-12)27-2/h5-7,10H,3-4,8-9,11H2,1-2H3,(H,20,25). The lowest BCUT2D eigenvalue weighted by Crippen LogP contribution is -2.20. The van der Waals surface area contributed by atoms with Gasteiger partial charge in [-0.2, -0.15) is 4.98 Å². The summed E-state index contributed by atoms with van der Waals surface area (Å²) in [7, 11) is 3.25. The zero-order chi connectivity index (χ0) is 20.4. The summed E-state index contributed by atoms with van der Waals surface area (Å²) in [5.41, 5.74) is 0.978. The van der Waals surface area contributed by atoms with E-state index in [4.69, 9.17) is 4.74 Å². The van der Waals surface area contributed by atoms with Crippen molar-refractivity contribution in [2.75, 3.05) is 36.2 Å². The fourth-order valence-corrected chi connectivity index (χ4v) is 4.91. The molecular weight excluding hydrogens is 410 g/mol. The van der Waals surface area contributed by atoms with E-state index in [0.717, 1.165) is 31.1 Å². The lowest BCUT2D eigenvalue weighted by Gasteiger charge is -2.11. The van der Waals surface area contributed by atoms with Crippen LogP contribution in [0.3, 0.4) is 0 Å². The molecule has 4 rings (SSSR count). The van der Waals surface area contributed by atoms with Crippen LogP contribution in [0.25, 0.3) is 10.3 Å². The number of thiazole rings is 1. The molecule has 0 unspecified atom stereocenters. The molecule has 0 aliphatic carbocycles. The van der Waals surface area contributed by atoms with Crippen LogP contribution in [0.1, 0.15) is 12.8 Å². The highest BCUT2D eigenvalue weighted by molar-refractivity contribution is 7.99. The number of methoxy groups -OCH3 is 1. The Morgan fingerprint density at radius 3 is 2.86 bits per heavy atom. The van der Waals surface area contributed by atoms with Gasteiger partial charge in [-0.05, 0) is 25.0 Å². The van der Waals surface area contributed by atoms with E-state index in [-0.39, 0.29) is 17.2 Å². The Kier molecular flexibility index (Phi) is 5.72. The normalized spacial score (nSPS) is 13.8. The van der Waals surface area contributed by atoms with Crippen molar-refractivity contribution in [3.8, 4) is 5.75 Å². The number of hydrogen-bond acceptors (Lipinski definition) is 8. The number of fused-ring (bicyclic) bond motifs is 1. The highest BCUT2D eigenvalue weighted by atomic mass is 32.2. The van der Waals surface area contributed by atoms with Gasteiger partial charge in [0, 0.05) is 31.9 Å². The molecule has 3 aromatic rings. The van der Waals surface area contributed by atoms with E-state index in [9.17, 15) is 9.59 Å². The molecule has 1 aliphatic rings. The van der Waals surface area contributed by atoms with Crippen molar-refractivity contribution >= 4 is 50.2 Å². The second-order valence-corrected chi connectivity index (χ2v) is 8.59. The van der Waals surface area contributed by atoms with E-state index in [1.807, 2.05) is 6.07 Å². The molecule has 1 saturated heterocycles. The number of ether oxygens (including phenoxy) is 1. The largest absolute Gasteiger partial charge is 0.497 e. The van der Waals surface area contributed by atoms with Crippen LogP contribution in [-0.4, -0.2) is 46.4 Å². The second-order valence-electron chi connectivity index (χ2n) is 6.67. The smallest absolute Gasteiger partial charge is 0.273 e. The van der Waals surface area contributed by atoms with Gasteiger partial charge in [-0.3, -0.25) is 14.2 Å². The molecule has 152 valence electrons. The highest BCUT2D eigenvalue weighted by Crippen LogP contribution is 2.29. The first-order valence-electron chi connectivity index (χ1n) is 9.24. The zero-order valence-electron chi connectivity index (χ0n) is 16.2. The van der Waals surface area contributed by atoms with Crippen LogP contribution in [0, 0.1) is 0 Å². The molecule has 0 atom stereocenters. The lowest BCUT2D eigenvalue weighted by molar-refractivity contribution is -0.113. The van der Waals surface area contributed by atoms with Crippen LogP contribution in [-0.2, 0) is 11.8 Å². The van der Waals surface area contributed by atoms with Gasteiger partial charge in [-0.15, -0.1) is 0 Å². The van der Waals surface area contributed by atoms with Gasteiger partial charge in [-0.25, -0.2) is 4.98 Å². The topological polar surface area (TPSA) is 89.3 Å².